The number of fused-ring (bicyclic) bond motifs is 4. The summed E-state index contributed by atoms with van der Waals surface area (Å²) in [6.07, 6.45) is 10.3. The van der Waals surface area contributed by atoms with Crippen LogP contribution in [0, 0.1) is 0 Å². The van der Waals surface area contributed by atoms with Gasteiger partial charge in [0.1, 0.15) is 18.1 Å². The Morgan fingerprint density at radius 2 is 2.00 bits per heavy atom. The number of hydrogen-bond acceptors (Lipinski definition) is 8. The van der Waals surface area contributed by atoms with Gasteiger partial charge in [0, 0.05) is 54.3 Å². The standard InChI is InChI=1S/C26H29N7O3/c1-36-23-11-18-19-12-28-26(31-25(19)33(21(18)13-27-23)17-5-3-2-4-6-17)30-22-8-7-16-14-32(24(35)15-34)10-9-20(16)29-22/h7-8,11-13,17,34H,2-6,9-10,14-15H2,1H3,(H,28,29,30,31). The smallest absolute Gasteiger partial charge is 0.248 e. The van der Waals surface area contributed by atoms with Gasteiger partial charge in [-0.15, -0.1) is 0 Å². The highest BCUT2D eigenvalue weighted by Gasteiger charge is 2.24. The molecule has 1 amide bonds. The Balaban J connectivity index is 1.35. The molecule has 10 heteroatoms. The minimum Gasteiger partial charge on any atom is -0.481 e. The van der Waals surface area contributed by atoms with Crippen molar-refractivity contribution >= 4 is 39.6 Å². The van der Waals surface area contributed by atoms with Crippen LogP contribution in [0.25, 0.3) is 21.9 Å². The zero-order valence-corrected chi connectivity index (χ0v) is 20.3. The summed E-state index contributed by atoms with van der Waals surface area (Å²) in [7, 11) is 1.63. The number of rotatable bonds is 5. The van der Waals surface area contributed by atoms with Crippen LogP contribution in [0.15, 0.2) is 30.6 Å². The number of carbonyl (C=O) groups is 1. The van der Waals surface area contributed by atoms with Crippen molar-refractivity contribution in [3.8, 4) is 5.88 Å². The van der Waals surface area contributed by atoms with E-state index >= 15 is 0 Å². The number of nitrogens with zero attached hydrogens (tertiary/aromatic N) is 6. The molecule has 0 atom stereocenters. The van der Waals surface area contributed by atoms with E-state index in [0.717, 1.165) is 46.0 Å². The Morgan fingerprint density at radius 1 is 1.14 bits per heavy atom. The average Bonchev–Trinajstić information content (AvgIpc) is 3.25. The third kappa shape index (κ3) is 4.01. The monoisotopic (exact) mass is 487 g/mol. The predicted molar refractivity (Wildman–Crippen MR) is 135 cm³/mol. The lowest BCUT2D eigenvalue weighted by molar-refractivity contribution is -0.135. The Morgan fingerprint density at radius 3 is 2.81 bits per heavy atom. The SMILES string of the molecule is COc1cc2c3cnc(Nc4ccc5c(n4)CCN(C(=O)CO)C5)nc3n(C3CCCCC3)c2cn1. The highest BCUT2D eigenvalue weighted by Crippen LogP contribution is 2.37. The Kier molecular flexibility index (Phi) is 5.88. The second-order valence-corrected chi connectivity index (χ2v) is 9.49. The first-order chi connectivity index (χ1) is 17.6. The van der Waals surface area contributed by atoms with Crippen LogP contribution in [0.4, 0.5) is 11.8 Å². The van der Waals surface area contributed by atoms with Crippen molar-refractivity contribution in [2.45, 2.75) is 51.1 Å². The summed E-state index contributed by atoms with van der Waals surface area (Å²) in [4.78, 5) is 32.3. The van der Waals surface area contributed by atoms with Crippen molar-refractivity contribution in [3.63, 3.8) is 0 Å². The van der Waals surface area contributed by atoms with Gasteiger partial charge in [0.15, 0.2) is 0 Å². The molecule has 2 aliphatic rings. The molecule has 1 aliphatic carbocycles. The molecule has 10 nitrogen and oxygen atoms in total. The normalized spacial score (nSPS) is 16.3. The number of carbonyl (C=O) groups excluding carboxylic acids is 1. The van der Waals surface area contributed by atoms with Crippen molar-refractivity contribution < 1.29 is 14.6 Å². The maximum atomic E-state index is 11.8. The molecule has 4 aromatic heterocycles. The number of pyridine rings is 2. The van der Waals surface area contributed by atoms with Crippen LogP contribution >= 0.6 is 0 Å². The highest BCUT2D eigenvalue weighted by molar-refractivity contribution is 6.06. The van der Waals surface area contributed by atoms with Crippen LogP contribution in [0.3, 0.4) is 0 Å². The van der Waals surface area contributed by atoms with Crippen molar-refractivity contribution in [3.05, 3.63) is 41.9 Å². The zero-order valence-electron chi connectivity index (χ0n) is 20.3. The molecule has 0 aromatic carbocycles. The number of hydrogen-bond donors (Lipinski definition) is 2. The lowest BCUT2D eigenvalue weighted by atomic mass is 9.95. The highest BCUT2D eigenvalue weighted by atomic mass is 16.5. The molecule has 6 rings (SSSR count). The Labute approximate surface area is 208 Å². The first-order valence-electron chi connectivity index (χ1n) is 12.5. The van der Waals surface area contributed by atoms with E-state index < -0.39 is 6.61 Å². The van der Waals surface area contributed by atoms with Gasteiger partial charge in [-0.2, -0.15) is 4.98 Å². The van der Waals surface area contributed by atoms with Gasteiger partial charge >= 0.3 is 0 Å². The summed E-state index contributed by atoms with van der Waals surface area (Å²) in [6.45, 7) is 0.538. The summed E-state index contributed by atoms with van der Waals surface area (Å²) < 4.78 is 7.71. The molecule has 2 N–H and O–H groups in total. The van der Waals surface area contributed by atoms with E-state index in [9.17, 15) is 4.79 Å². The molecule has 1 saturated carbocycles. The number of ether oxygens (including phenoxy) is 1. The predicted octanol–water partition coefficient (Wildman–Crippen LogP) is 3.51. The van der Waals surface area contributed by atoms with Crippen LogP contribution in [-0.4, -0.2) is 60.7 Å². The van der Waals surface area contributed by atoms with E-state index in [1.165, 1.54) is 19.3 Å². The molecule has 0 spiro atoms. The molecule has 0 bridgehead atoms. The molecule has 5 heterocycles. The Hall–Kier alpha value is -3.79. The van der Waals surface area contributed by atoms with Crippen LogP contribution in [0.1, 0.15) is 49.4 Å². The third-order valence-electron chi connectivity index (χ3n) is 7.33. The quantitative estimate of drug-likeness (QED) is 0.439. The lowest BCUT2D eigenvalue weighted by Gasteiger charge is -2.28. The van der Waals surface area contributed by atoms with E-state index in [-0.39, 0.29) is 5.91 Å². The van der Waals surface area contributed by atoms with Crippen molar-refractivity contribution in [2.75, 3.05) is 25.6 Å². The minimum absolute atomic E-state index is 0.259. The molecule has 36 heavy (non-hydrogen) atoms. The maximum Gasteiger partial charge on any atom is 0.248 e. The van der Waals surface area contributed by atoms with Crippen LogP contribution in [0.2, 0.25) is 0 Å². The number of amides is 1. The van der Waals surface area contributed by atoms with Crippen molar-refractivity contribution in [2.24, 2.45) is 0 Å². The molecular weight excluding hydrogens is 458 g/mol. The van der Waals surface area contributed by atoms with E-state index in [0.29, 0.717) is 43.2 Å². The first-order valence-corrected chi connectivity index (χ1v) is 12.5. The second-order valence-electron chi connectivity index (χ2n) is 9.49. The van der Waals surface area contributed by atoms with Crippen molar-refractivity contribution in [1.82, 2.24) is 29.4 Å². The molecule has 1 fully saturated rings. The number of aromatic nitrogens is 5. The topological polar surface area (TPSA) is 118 Å². The maximum absolute atomic E-state index is 11.8. The zero-order chi connectivity index (χ0) is 24.6. The Bertz CT molecular complexity index is 1440. The van der Waals surface area contributed by atoms with Gasteiger partial charge in [-0.05, 0) is 24.5 Å². The second kappa shape index (κ2) is 9.34. The molecule has 0 radical (unpaired) electrons. The fourth-order valence-corrected chi connectivity index (χ4v) is 5.49. The molecular formula is C26H29N7O3. The molecule has 186 valence electrons. The fraction of sp³-hybridized carbons (Fsp3) is 0.423. The summed E-state index contributed by atoms with van der Waals surface area (Å²) in [5, 5.41) is 14.5. The lowest BCUT2D eigenvalue weighted by Crippen LogP contribution is -2.37. The van der Waals surface area contributed by atoms with Gasteiger partial charge in [0.05, 0.1) is 18.8 Å². The van der Waals surface area contributed by atoms with Crippen molar-refractivity contribution in [1.29, 1.82) is 0 Å². The number of nitrogens with one attached hydrogen (secondary N) is 1. The first kappa shape index (κ1) is 22.7. The number of aliphatic hydroxyl groups excluding tert-OH is 1. The fourth-order valence-electron chi connectivity index (χ4n) is 5.49. The van der Waals surface area contributed by atoms with Gasteiger partial charge < -0.3 is 24.6 Å². The van der Waals surface area contributed by atoms with Crippen LogP contribution in [0.5, 0.6) is 5.88 Å². The molecule has 0 saturated heterocycles. The molecule has 0 unspecified atom stereocenters. The van der Waals surface area contributed by atoms with E-state index in [1.54, 1.807) is 12.0 Å². The number of anilines is 2. The summed E-state index contributed by atoms with van der Waals surface area (Å²) in [5.41, 5.74) is 3.88. The van der Waals surface area contributed by atoms with E-state index in [2.05, 4.69) is 19.9 Å². The molecule has 4 aromatic rings. The van der Waals surface area contributed by atoms with Gasteiger partial charge in [0.25, 0.3) is 0 Å². The largest absolute Gasteiger partial charge is 0.481 e. The average molecular weight is 488 g/mol. The van der Waals surface area contributed by atoms with Gasteiger partial charge in [-0.25, -0.2) is 15.0 Å². The number of methoxy groups -OCH3 is 1. The van der Waals surface area contributed by atoms with Crippen LogP contribution in [-0.2, 0) is 17.8 Å². The summed E-state index contributed by atoms with van der Waals surface area (Å²) in [6, 6.07) is 6.19. The van der Waals surface area contributed by atoms with E-state index in [1.807, 2.05) is 30.6 Å². The summed E-state index contributed by atoms with van der Waals surface area (Å²) in [5.74, 6) is 1.47. The minimum atomic E-state index is -0.470. The third-order valence-corrected chi connectivity index (χ3v) is 7.33. The van der Waals surface area contributed by atoms with Gasteiger partial charge in [-0.3, -0.25) is 4.79 Å². The van der Waals surface area contributed by atoms with E-state index in [4.69, 9.17) is 19.8 Å². The number of aliphatic hydroxyl groups is 1. The summed E-state index contributed by atoms with van der Waals surface area (Å²) >= 11 is 0. The van der Waals surface area contributed by atoms with Gasteiger partial charge in [-0.1, -0.05) is 25.3 Å². The molecule has 1 aliphatic heterocycles. The van der Waals surface area contributed by atoms with Crippen LogP contribution < -0.4 is 10.1 Å². The van der Waals surface area contributed by atoms with Gasteiger partial charge in [0.2, 0.25) is 17.7 Å².